The second-order valence-electron chi connectivity index (χ2n) is 10.1. The second-order valence-corrected chi connectivity index (χ2v) is 11.6. The summed E-state index contributed by atoms with van der Waals surface area (Å²) in [6.45, 7) is 1.97. The first-order valence-corrected chi connectivity index (χ1v) is 14.1. The Morgan fingerprint density at radius 2 is 1.45 bits per heavy atom. The highest BCUT2D eigenvalue weighted by Crippen LogP contribution is 2.34. The number of hydrogen-bond acceptors (Lipinski definition) is 11. The summed E-state index contributed by atoms with van der Waals surface area (Å²) in [5.41, 5.74) is 0.991. The van der Waals surface area contributed by atoms with Crippen LogP contribution in [0.2, 0.25) is 0 Å². The molecule has 2 aliphatic heterocycles. The number of nitro benzene ring substituents is 2. The van der Waals surface area contributed by atoms with Crippen LogP contribution >= 0.6 is 11.8 Å². The lowest BCUT2D eigenvalue weighted by Gasteiger charge is -2.31. The van der Waals surface area contributed by atoms with Crippen LogP contribution < -0.4 is 0 Å². The van der Waals surface area contributed by atoms with Gasteiger partial charge >= 0.3 is 12.2 Å². The molecule has 2 aromatic rings. The minimum absolute atomic E-state index is 0.0680. The zero-order valence-electron chi connectivity index (χ0n) is 22.7. The number of hydrogen-bond donors (Lipinski definition) is 1. The molecule has 1 N–H and O–H groups in total. The van der Waals surface area contributed by atoms with Crippen molar-refractivity contribution in [2.45, 2.75) is 50.4 Å². The van der Waals surface area contributed by atoms with Gasteiger partial charge in [0, 0.05) is 62.0 Å². The molecule has 2 aliphatic rings. The summed E-state index contributed by atoms with van der Waals surface area (Å²) >= 11 is 1.09. The van der Waals surface area contributed by atoms with Crippen LogP contribution in [0.4, 0.5) is 21.0 Å². The number of amides is 2. The van der Waals surface area contributed by atoms with Crippen LogP contribution in [0.25, 0.3) is 0 Å². The van der Waals surface area contributed by atoms with E-state index in [9.17, 15) is 39.7 Å². The molecule has 15 heteroatoms. The van der Waals surface area contributed by atoms with Gasteiger partial charge in [-0.15, -0.1) is 0 Å². The highest BCUT2D eigenvalue weighted by Gasteiger charge is 2.45. The summed E-state index contributed by atoms with van der Waals surface area (Å²) in [4.78, 5) is 61.0. The molecule has 2 aromatic carbocycles. The van der Waals surface area contributed by atoms with Gasteiger partial charge < -0.3 is 24.4 Å². The molecular formula is C27H30N4O10S. The molecule has 2 fully saturated rings. The summed E-state index contributed by atoms with van der Waals surface area (Å²) in [5, 5.41) is 32.6. The van der Waals surface area contributed by atoms with Gasteiger partial charge in [0.05, 0.1) is 22.0 Å². The number of thioether (sulfide) groups is 1. The molecule has 0 aromatic heterocycles. The van der Waals surface area contributed by atoms with Gasteiger partial charge in [-0.25, -0.2) is 9.59 Å². The molecule has 2 saturated heterocycles. The Morgan fingerprint density at radius 1 is 0.929 bits per heavy atom. The lowest BCUT2D eigenvalue weighted by molar-refractivity contribution is -0.385. The van der Waals surface area contributed by atoms with Crippen LogP contribution in [0.3, 0.4) is 0 Å². The van der Waals surface area contributed by atoms with E-state index in [-0.39, 0.29) is 54.0 Å². The van der Waals surface area contributed by atoms with Crippen molar-refractivity contribution >= 4 is 40.4 Å². The zero-order valence-corrected chi connectivity index (χ0v) is 23.5. The molecule has 2 amide bonds. The average molecular weight is 603 g/mol. The van der Waals surface area contributed by atoms with Crippen molar-refractivity contribution < 1.29 is 38.8 Å². The SMILES string of the molecule is CC(=O)S[C@H]1C[C@@H](C(O)C2CCN(C(=O)OCc3ccc([N+](=O)[O-])cc3)C2)N(C(=O)OCc2ccc([N+](=O)[O-])cc2)C1. The van der Waals surface area contributed by atoms with E-state index in [1.54, 1.807) is 0 Å². The summed E-state index contributed by atoms with van der Waals surface area (Å²) in [6, 6.07) is 10.6. The third-order valence-corrected chi connectivity index (χ3v) is 8.26. The summed E-state index contributed by atoms with van der Waals surface area (Å²) < 4.78 is 10.8. The minimum Gasteiger partial charge on any atom is -0.445 e. The van der Waals surface area contributed by atoms with Crippen molar-refractivity contribution in [2.24, 2.45) is 5.92 Å². The largest absolute Gasteiger partial charge is 0.445 e. The molecule has 4 rings (SSSR count). The number of aliphatic hydroxyl groups excluding tert-OH is 1. The van der Waals surface area contributed by atoms with E-state index in [4.69, 9.17) is 9.47 Å². The number of carbonyl (C=O) groups excluding carboxylic acids is 3. The number of likely N-dealkylation sites (tertiary alicyclic amines) is 2. The smallest absolute Gasteiger partial charge is 0.410 e. The molecule has 0 radical (unpaired) electrons. The summed E-state index contributed by atoms with van der Waals surface area (Å²) in [5.74, 6) is -0.354. The number of non-ortho nitro benzene ring substituents is 2. The Kier molecular flexibility index (Phi) is 9.96. The van der Waals surface area contributed by atoms with E-state index >= 15 is 0 Å². The monoisotopic (exact) mass is 602 g/mol. The van der Waals surface area contributed by atoms with Crippen molar-refractivity contribution in [2.75, 3.05) is 19.6 Å². The first kappa shape index (κ1) is 30.7. The van der Waals surface area contributed by atoms with Crippen LogP contribution in [-0.4, -0.2) is 79.1 Å². The molecule has 0 saturated carbocycles. The molecule has 42 heavy (non-hydrogen) atoms. The third kappa shape index (κ3) is 7.73. The van der Waals surface area contributed by atoms with Gasteiger partial charge in [0.2, 0.25) is 0 Å². The van der Waals surface area contributed by atoms with Gasteiger partial charge in [-0.05, 0) is 48.2 Å². The van der Waals surface area contributed by atoms with Crippen molar-refractivity contribution in [1.29, 1.82) is 0 Å². The molecule has 2 heterocycles. The van der Waals surface area contributed by atoms with E-state index in [0.717, 1.165) is 11.8 Å². The second kappa shape index (κ2) is 13.6. The molecule has 4 atom stereocenters. The first-order valence-electron chi connectivity index (χ1n) is 13.2. The zero-order chi connectivity index (χ0) is 30.4. The summed E-state index contributed by atoms with van der Waals surface area (Å²) in [6.07, 6.45) is -1.43. The normalized spacial score (nSPS) is 20.7. The van der Waals surface area contributed by atoms with Crippen LogP contribution in [0.15, 0.2) is 48.5 Å². The highest BCUT2D eigenvalue weighted by molar-refractivity contribution is 8.14. The molecule has 2 unspecified atom stereocenters. The quantitative estimate of drug-likeness (QED) is 0.325. The molecule has 14 nitrogen and oxygen atoms in total. The molecule has 0 bridgehead atoms. The molecular weight excluding hydrogens is 572 g/mol. The number of nitrogens with zero attached hydrogens (tertiary/aromatic N) is 4. The third-order valence-electron chi connectivity index (χ3n) is 7.25. The van der Waals surface area contributed by atoms with Gasteiger partial charge in [0.1, 0.15) is 13.2 Å². The maximum atomic E-state index is 13.1. The van der Waals surface area contributed by atoms with Crippen molar-refractivity contribution in [1.82, 2.24) is 9.80 Å². The number of rotatable bonds is 9. The number of ether oxygens (including phenoxy) is 2. The van der Waals surface area contributed by atoms with E-state index in [1.165, 1.54) is 65.3 Å². The first-order chi connectivity index (χ1) is 20.0. The van der Waals surface area contributed by atoms with Gasteiger partial charge in [-0.3, -0.25) is 25.0 Å². The predicted molar refractivity (Wildman–Crippen MR) is 149 cm³/mol. The van der Waals surface area contributed by atoms with Crippen molar-refractivity contribution in [3.05, 3.63) is 79.9 Å². The average Bonchev–Trinajstić information content (AvgIpc) is 3.62. The van der Waals surface area contributed by atoms with Gasteiger partial charge in [0.15, 0.2) is 5.12 Å². The van der Waals surface area contributed by atoms with E-state index < -0.39 is 34.2 Å². The number of carbonyl (C=O) groups is 3. The Hall–Kier alpha value is -4.24. The van der Waals surface area contributed by atoms with Crippen LogP contribution in [0.1, 0.15) is 30.9 Å². The Labute approximate surface area is 244 Å². The standard InChI is InChI=1S/C27H30N4O10S/c1-17(32)42-23-12-24(29(14-23)27(35)41-16-19-4-8-22(9-5-19)31(38)39)25(33)20-10-11-28(13-20)26(34)40-15-18-2-6-21(7-3-18)30(36)37/h2-9,20,23-25,33H,10-16H2,1H3/t20?,23-,24-,25?/m0/s1. The summed E-state index contributed by atoms with van der Waals surface area (Å²) in [7, 11) is 0. The van der Waals surface area contributed by atoms with Crippen LogP contribution in [-0.2, 0) is 27.5 Å². The fourth-order valence-electron chi connectivity index (χ4n) is 5.12. The van der Waals surface area contributed by atoms with Gasteiger partial charge in [0.25, 0.3) is 11.4 Å². The lowest BCUT2D eigenvalue weighted by Crippen LogP contribution is -2.46. The maximum absolute atomic E-state index is 13.1. The fraction of sp³-hybridized carbons (Fsp3) is 0.444. The topological polar surface area (TPSA) is 183 Å². The predicted octanol–water partition coefficient (Wildman–Crippen LogP) is 3.88. The number of aliphatic hydroxyl groups is 1. The van der Waals surface area contributed by atoms with Gasteiger partial charge in [-0.2, -0.15) is 0 Å². The lowest BCUT2D eigenvalue weighted by atomic mass is 9.94. The minimum atomic E-state index is -0.998. The van der Waals surface area contributed by atoms with Gasteiger partial charge in [-0.1, -0.05) is 11.8 Å². The Morgan fingerprint density at radius 3 is 1.95 bits per heavy atom. The maximum Gasteiger partial charge on any atom is 0.410 e. The molecule has 224 valence electrons. The fourth-order valence-corrected chi connectivity index (χ4v) is 6.12. The van der Waals surface area contributed by atoms with E-state index in [2.05, 4.69) is 0 Å². The molecule has 0 aliphatic carbocycles. The van der Waals surface area contributed by atoms with Crippen LogP contribution in [0, 0.1) is 26.1 Å². The van der Waals surface area contributed by atoms with E-state index in [1.807, 2.05) is 0 Å². The van der Waals surface area contributed by atoms with Crippen LogP contribution in [0.5, 0.6) is 0 Å². The van der Waals surface area contributed by atoms with Crippen molar-refractivity contribution in [3.63, 3.8) is 0 Å². The highest BCUT2D eigenvalue weighted by atomic mass is 32.2. The van der Waals surface area contributed by atoms with E-state index in [0.29, 0.717) is 30.5 Å². The van der Waals surface area contributed by atoms with Crippen molar-refractivity contribution in [3.8, 4) is 0 Å². The Bertz CT molecular complexity index is 1320. The molecule has 0 spiro atoms. The Balaban J connectivity index is 1.34. The number of benzene rings is 2. The number of nitro groups is 2.